The van der Waals surface area contributed by atoms with Gasteiger partial charge in [-0.1, -0.05) is 18.2 Å². The molecule has 0 saturated heterocycles. The largest absolute Gasteiger partial charge is 0.496 e. The molecule has 0 saturated carbocycles. The van der Waals surface area contributed by atoms with E-state index >= 15 is 0 Å². The molecule has 198 valence electrons. The summed E-state index contributed by atoms with van der Waals surface area (Å²) in [7, 11) is 8.01. The number of Topliss-reactive ketones (excluding diaryl/α,β-unsaturated/α-hetero) is 1. The third kappa shape index (κ3) is 4.47. The lowest BCUT2D eigenvalue weighted by Gasteiger charge is -2.31. The topological polar surface area (TPSA) is 87.3 Å². The van der Waals surface area contributed by atoms with Gasteiger partial charge in [-0.2, -0.15) is 0 Å². The van der Waals surface area contributed by atoms with Crippen LogP contribution in [-0.2, 0) is 4.79 Å². The molecule has 0 fully saturated rings. The van der Waals surface area contributed by atoms with E-state index in [0.29, 0.717) is 47.2 Å². The maximum Gasteiger partial charge on any atom is 0.164 e. The molecule has 5 rings (SSSR count). The molecule has 1 aliphatic heterocycles. The molecule has 8 nitrogen and oxygen atoms in total. The lowest BCUT2D eigenvalue weighted by Crippen LogP contribution is -2.27. The molecule has 2 N–H and O–H groups in total. The highest BCUT2D eigenvalue weighted by Gasteiger charge is 2.37. The normalized spacial score (nSPS) is 18.3. The molecule has 2 atom stereocenters. The second-order valence-electron chi connectivity index (χ2n) is 9.23. The van der Waals surface area contributed by atoms with E-state index in [-0.39, 0.29) is 11.7 Å². The van der Waals surface area contributed by atoms with Crippen LogP contribution in [0, 0.1) is 0 Å². The van der Waals surface area contributed by atoms with Gasteiger partial charge < -0.3 is 34.3 Å². The number of ether oxygens (including phenoxy) is 5. The maximum atomic E-state index is 14.0. The molecule has 3 aromatic carbocycles. The van der Waals surface area contributed by atoms with E-state index in [1.807, 2.05) is 48.5 Å². The van der Waals surface area contributed by atoms with Crippen LogP contribution in [0.15, 0.2) is 65.9 Å². The number of fused-ring (bicyclic) bond motifs is 1. The monoisotopic (exact) mass is 516 g/mol. The highest BCUT2D eigenvalue weighted by molar-refractivity contribution is 6.01. The summed E-state index contributed by atoms with van der Waals surface area (Å²) in [6.45, 7) is 0. The van der Waals surface area contributed by atoms with E-state index in [1.54, 1.807) is 41.6 Å². The lowest BCUT2D eigenvalue weighted by molar-refractivity contribution is -0.116. The second-order valence-corrected chi connectivity index (χ2v) is 9.23. The number of rotatable bonds is 7. The highest BCUT2D eigenvalue weighted by Crippen LogP contribution is 2.48. The third-order valence-electron chi connectivity index (χ3n) is 7.23. The van der Waals surface area contributed by atoms with Crippen molar-refractivity contribution in [2.24, 2.45) is 0 Å². The number of benzene rings is 3. The summed E-state index contributed by atoms with van der Waals surface area (Å²) in [5.74, 6) is 3.05. The quantitative estimate of drug-likeness (QED) is 0.413. The fraction of sp³-hybridized carbons (Fsp3) is 0.300. The Balaban J connectivity index is 1.63. The number of methoxy groups -OCH3 is 5. The number of hydrogen-bond donors (Lipinski definition) is 2. The van der Waals surface area contributed by atoms with Gasteiger partial charge in [-0.25, -0.2) is 0 Å². The van der Waals surface area contributed by atoms with Gasteiger partial charge in [0.05, 0.1) is 53.0 Å². The van der Waals surface area contributed by atoms with Crippen LogP contribution in [0.2, 0.25) is 0 Å². The summed E-state index contributed by atoms with van der Waals surface area (Å²) < 4.78 is 27.8. The fourth-order valence-electron chi connectivity index (χ4n) is 5.35. The van der Waals surface area contributed by atoms with Gasteiger partial charge in [-0.05, 0) is 48.2 Å². The first-order chi connectivity index (χ1) is 18.5. The first-order valence-electron chi connectivity index (χ1n) is 12.4. The average molecular weight is 517 g/mol. The Morgan fingerprint density at radius 1 is 0.684 bits per heavy atom. The number of hydrogen-bond acceptors (Lipinski definition) is 8. The first-order valence-corrected chi connectivity index (χ1v) is 12.4. The molecule has 3 aromatic rings. The van der Waals surface area contributed by atoms with E-state index in [4.69, 9.17) is 23.7 Å². The van der Waals surface area contributed by atoms with Gasteiger partial charge in [-0.15, -0.1) is 0 Å². The van der Waals surface area contributed by atoms with Gasteiger partial charge in [0.25, 0.3) is 0 Å². The van der Waals surface area contributed by atoms with Gasteiger partial charge in [0.2, 0.25) is 0 Å². The summed E-state index contributed by atoms with van der Waals surface area (Å²) in [6.07, 6.45) is 1.01. The van der Waals surface area contributed by atoms with E-state index in [1.165, 1.54) is 0 Å². The summed E-state index contributed by atoms with van der Waals surface area (Å²) in [6, 6.07) is 17.0. The number of nitrogens with one attached hydrogen (secondary N) is 2. The van der Waals surface area contributed by atoms with Gasteiger partial charge in [0.1, 0.15) is 5.75 Å². The van der Waals surface area contributed by atoms with Crippen LogP contribution in [0.4, 0.5) is 11.4 Å². The van der Waals surface area contributed by atoms with E-state index in [2.05, 4.69) is 10.6 Å². The molecular formula is C30H32N2O6. The van der Waals surface area contributed by atoms with Crippen molar-refractivity contribution in [1.29, 1.82) is 0 Å². The Hall–Kier alpha value is -4.33. The number of anilines is 2. The minimum atomic E-state index is -0.463. The molecule has 0 aromatic heterocycles. The van der Waals surface area contributed by atoms with Crippen molar-refractivity contribution >= 4 is 17.2 Å². The number of allylic oxidation sites excluding steroid dienone is 1. The summed E-state index contributed by atoms with van der Waals surface area (Å²) >= 11 is 0. The van der Waals surface area contributed by atoms with Crippen molar-refractivity contribution in [2.45, 2.75) is 24.8 Å². The summed E-state index contributed by atoms with van der Waals surface area (Å²) in [5, 5.41) is 7.18. The van der Waals surface area contributed by atoms with E-state index in [9.17, 15) is 4.79 Å². The smallest absolute Gasteiger partial charge is 0.164 e. The van der Waals surface area contributed by atoms with Crippen LogP contribution in [0.5, 0.6) is 28.7 Å². The van der Waals surface area contributed by atoms with Gasteiger partial charge in [-0.3, -0.25) is 4.79 Å². The molecule has 38 heavy (non-hydrogen) atoms. The van der Waals surface area contributed by atoms with Crippen molar-refractivity contribution in [1.82, 2.24) is 0 Å². The lowest BCUT2D eigenvalue weighted by atomic mass is 9.78. The Morgan fingerprint density at radius 2 is 1.32 bits per heavy atom. The van der Waals surface area contributed by atoms with Crippen molar-refractivity contribution in [3.8, 4) is 28.7 Å². The van der Waals surface area contributed by atoms with Crippen LogP contribution < -0.4 is 34.3 Å². The zero-order valence-corrected chi connectivity index (χ0v) is 22.2. The standard InChI is InChI=1S/C30H32N2O6/c1-34-24-11-10-17(14-26(24)36-3)18-12-22-29(23(33)13-18)30(32-21-9-7-6-8-20(21)31-22)19-15-27(37-4)28(38-5)16-25(19)35-2/h6-11,14-16,18,30-32H,12-13H2,1-5H3/t18-,30+/m1/s1. The second kappa shape index (κ2) is 10.6. The number of ketones is 1. The van der Waals surface area contributed by atoms with Crippen LogP contribution in [-0.4, -0.2) is 41.3 Å². The molecule has 1 aliphatic carbocycles. The average Bonchev–Trinajstić information content (AvgIpc) is 3.12. The Bertz CT molecular complexity index is 1400. The zero-order valence-electron chi connectivity index (χ0n) is 22.2. The highest BCUT2D eigenvalue weighted by atomic mass is 16.5. The van der Waals surface area contributed by atoms with Crippen LogP contribution >= 0.6 is 0 Å². The van der Waals surface area contributed by atoms with Crippen molar-refractivity contribution in [2.75, 3.05) is 46.2 Å². The predicted molar refractivity (Wildman–Crippen MR) is 146 cm³/mol. The van der Waals surface area contributed by atoms with Crippen molar-refractivity contribution in [3.05, 3.63) is 77.0 Å². The maximum absolute atomic E-state index is 14.0. The minimum Gasteiger partial charge on any atom is -0.496 e. The summed E-state index contributed by atoms with van der Waals surface area (Å²) in [5.41, 5.74) is 5.16. The van der Waals surface area contributed by atoms with Gasteiger partial charge in [0.15, 0.2) is 28.8 Å². The number of para-hydroxylation sites is 2. The summed E-state index contributed by atoms with van der Waals surface area (Å²) in [4.78, 5) is 14.0. The molecule has 0 amide bonds. The molecule has 0 radical (unpaired) electrons. The van der Waals surface area contributed by atoms with Crippen LogP contribution in [0.25, 0.3) is 0 Å². The number of carbonyl (C=O) groups excluding carboxylic acids is 1. The van der Waals surface area contributed by atoms with Crippen LogP contribution in [0.1, 0.15) is 35.9 Å². The molecule has 0 unspecified atom stereocenters. The predicted octanol–water partition coefficient (Wildman–Crippen LogP) is 5.71. The molecule has 1 heterocycles. The molecule has 0 bridgehead atoms. The first kappa shape index (κ1) is 25.3. The SMILES string of the molecule is COc1ccc([C@H]2CC(=O)C3=C(C2)Nc2ccccc2N[C@H]3c2cc(OC)c(OC)cc2OC)cc1OC. The Morgan fingerprint density at radius 3 is 2.00 bits per heavy atom. The third-order valence-corrected chi connectivity index (χ3v) is 7.23. The van der Waals surface area contributed by atoms with E-state index < -0.39 is 6.04 Å². The molecule has 0 spiro atoms. The fourth-order valence-corrected chi connectivity index (χ4v) is 5.35. The Kier molecular flexibility index (Phi) is 7.05. The molecular weight excluding hydrogens is 484 g/mol. The molecule has 8 heteroatoms. The van der Waals surface area contributed by atoms with Crippen molar-refractivity contribution in [3.63, 3.8) is 0 Å². The zero-order chi connectivity index (χ0) is 26.8. The Labute approximate surface area is 222 Å². The van der Waals surface area contributed by atoms with Crippen LogP contribution in [0.3, 0.4) is 0 Å². The van der Waals surface area contributed by atoms with E-state index in [0.717, 1.165) is 28.2 Å². The van der Waals surface area contributed by atoms with Crippen molar-refractivity contribution < 1.29 is 28.5 Å². The van der Waals surface area contributed by atoms with Gasteiger partial charge in [0, 0.05) is 29.3 Å². The minimum absolute atomic E-state index is 0.0215. The number of carbonyl (C=O) groups is 1. The molecule has 2 aliphatic rings. The van der Waals surface area contributed by atoms with Gasteiger partial charge >= 0.3 is 0 Å².